The number of aryl methyl sites for hydroxylation is 1. The lowest BCUT2D eigenvalue weighted by Gasteiger charge is -2.22. The molecule has 1 aliphatic heterocycles. The Morgan fingerprint density at radius 2 is 1.92 bits per heavy atom. The van der Waals surface area contributed by atoms with E-state index in [0.717, 1.165) is 5.56 Å². The minimum atomic E-state index is -3.88. The Labute approximate surface area is 141 Å². The fourth-order valence-electron chi connectivity index (χ4n) is 2.21. The number of ether oxygens (including phenoxy) is 2. The van der Waals surface area contributed by atoms with Gasteiger partial charge in [0.25, 0.3) is 0 Å². The van der Waals surface area contributed by atoms with E-state index in [1.54, 1.807) is 26.0 Å². The van der Waals surface area contributed by atoms with E-state index >= 15 is 0 Å². The molecule has 1 aromatic rings. The Kier molecular flexibility index (Phi) is 5.61. The van der Waals surface area contributed by atoms with Crippen molar-refractivity contribution in [2.45, 2.75) is 44.2 Å². The molecule has 8 heteroatoms. The quantitative estimate of drug-likeness (QED) is 0.769. The molecule has 0 saturated carbocycles. The van der Waals surface area contributed by atoms with Gasteiger partial charge in [0.2, 0.25) is 16.1 Å². The zero-order valence-electron chi connectivity index (χ0n) is 13.8. The summed E-state index contributed by atoms with van der Waals surface area (Å²) >= 11 is 0. The molecule has 0 bridgehead atoms. The Morgan fingerprint density at radius 1 is 1.29 bits per heavy atom. The van der Waals surface area contributed by atoms with Gasteiger partial charge >= 0.3 is 11.9 Å². The van der Waals surface area contributed by atoms with Gasteiger partial charge in [-0.25, -0.2) is 13.2 Å². The third-order valence-corrected chi connectivity index (χ3v) is 5.14. The highest BCUT2D eigenvalue weighted by molar-refractivity contribution is 7.89. The number of carbonyl (C=O) groups is 2. The number of rotatable bonds is 6. The number of hydrogen-bond acceptors (Lipinski definition) is 6. The minimum absolute atomic E-state index is 0.0619. The zero-order valence-corrected chi connectivity index (χ0v) is 14.6. The molecule has 7 nitrogen and oxygen atoms in total. The van der Waals surface area contributed by atoms with Gasteiger partial charge in [-0.3, -0.25) is 4.79 Å². The van der Waals surface area contributed by atoms with Crippen molar-refractivity contribution in [2.75, 3.05) is 6.61 Å². The second kappa shape index (κ2) is 7.31. The molecule has 1 aliphatic rings. The molecule has 2 unspecified atom stereocenters. The molecule has 2 atom stereocenters. The number of esters is 2. The van der Waals surface area contributed by atoms with Gasteiger partial charge in [-0.05, 0) is 25.0 Å². The Balaban J connectivity index is 2.13. The second-order valence-corrected chi connectivity index (χ2v) is 7.75. The van der Waals surface area contributed by atoms with Crippen LogP contribution in [0.25, 0.3) is 0 Å². The van der Waals surface area contributed by atoms with Gasteiger partial charge in [0.15, 0.2) is 0 Å². The molecule has 0 aliphatic carbocycles. The third kappa shape index (κ3) is 4.33. The van der Waals surface area contributed by atoms with E-state index in [0.29, 0.717) is 0 Å². The van der Waals surface area contributed by atoms with Crippen LogP contribution >= 0.6 is 0 Å². The lowest BCUT2D eigenvalue weighted by molar-refractivity contribution is -0.162. The first-order chi connectivity index (χ1) is 11.2. The summed E-state index contributed by atoms with van der Waals surface area (Å²) in [5.41, 5.74) is 0.925. The lowest BCUT2D eigenvalue weighted by atomic mass is 10.1. The van der Waals surface area contributed by atoms with Gasteiger partial charge in [0, 0.05) is 6.42 Å². The number of sulfonamides is 1. The zero-order chi connectivity index (χ0) is 17.9. The van der Waals surface area contributed by atoms with Crippen LogP contribution in [0, 0.1) is 12.8 Å². The summed E-state index contributed by atoms with van der Waals surface area (Å²) in [6.07, 6.45) is -0.692. The Bertz CT molecular complexity index is 711. The van der Waals surface area contributed by atoms with Crippen LogP contribution in [0.4, 0.5) is 0 Å². The van der Waals surface area contributed by atoms with Crippen molar-refractivity contribution in [2.24, 2.45) is 5.92 Å². The first-order valence-electron chi connectivity index (χ1n) is 7.67. The number of cyclic esters (lactones) is 1. The lowest BCUT2D eigenvalue weighted by Crippen LogP contribution is -2.46. The van der Waals surface area contributed by atoms with Crippen LogP contribution in [-0.4, -0.2) is 39.1 Å². The van der Waals surface area contributed by atoms with Crippen LogP contribution < -0.4 is 4.72 Å². The van der Waals surface area contributed by atoms with Crippen LogP contribution in [0.15, 0.2) is 29.2 Å². The van der Waals surface area contributed by atoms with Gasteiger partial charge in [-0.15, -0.1) is 0 Å². The summed E-state index contributed by atoms with van der Waals surface area (Å²) in [4.78, 5) is 23.8. The van der Waals surface area contributed by atoms with E-state index in [4.69, 9.17) is 9.47 Å². The van der Waals surface area contributed by atoms with Crippen LogP contribution in [-0.2, 0) is 29.1 Å². The maximum Gasteiger partial charge on any atom is 0.347 e. The van der Waals surface area contributed by atoms with Crippen molar-refractivity contribution >= 4 is 22.0 Å². The topological polar surface area (TPSA) is 98.8 Å². The first kappa shape index (κ1) is 18.4. The molecule has 24 heavy (non-hydrogen) atoms. The minimum Gasteiger partial charge on any atom is -0.463 e. The van der Waals surface area contributed by atoms with Crippen molar-refractivity contribution in [3.05, 3.63) is 29.8 Å². The van der Waals surface area contributed by atoms with Gasteiger partial charge in [-0.1, -0.05) is 31.5 Å². The number of carbonyl (C=O) groups excluding carboxylic acids is 2. The fourth-order valence-corrected chi connectivity index (χ4v) is 3.54. The molecule has 0 radical (unpaired) electrons. The number of benzene rings is 1. The van der Waals surface area contributed by atoms with E-state index in [1.165, 1.54) is 12.1 Å². The fraction of sp³-hybridized carbons (Fsp3) is 0.500. The van der Waals surface area contributed by atoms with E-state index in [-0.39, 0.29) is 23.8 Å². The molecule has 1 fully saturated rings. The molecule has 0 spiro atoms. The monoisotopic (exact) mass is 355 g/mol. The normalized spacial score (nSPS) is 19.2. The first-order valence-corrected chi connectivity index (χ1v) is 9.15. The molecule has 1 aromatic carbocycles. The van der Waals surface area contributed by atoms with Gasteiger partial charge < -0.3 is 9.47 Å². The average Bonchev–Trinajstić information content (AvgIpc) is 2.90. The highest BCUT2D eigenvalue weighted by Crippen LogP contribution is 2.16. The average molecular weight is 355 g/mol. The molecular weight excluding hydrogens is 334 g/mol. The van der Waals surface area contributed by atoms with Gasteiger partial charge in [-0.2, -0.15) is 4.72 Å². The summed E-state index contributed by atoms with van der Waals surface area (Å²) in [6.45, 7) is 5.42. The largest absolute Gasteiger partial charge is 0.463 e. The molecule has 1 heterocycles. The molecule has 132 valence electrons. The predicted molar refractivity (Wildman–Crippen MR) is 85.6 cm³/mol. The van der Waals surface area contributed by atoms with E-state index in [2.05, 4.69) is 4.72 Å². The molecule has 0 amide bonds. The summed E-state index contributed by atoms with van der Waals surface area (Å²) in [6, 6.07) is 5.19. The highest BCUT2D eigenvalue weighted by Gasteiger charge is 2.35. The second-order valence-electron chi connectivity index (χ2n) is 6.04. The number of hydrogen-bond donors (Lipinski definition) is 1. The maximum atomic E-state index is 12.5. The van der Waals surface area contributed by atoms with Crippen LogP contribution in [0.3, 0.4) is 0 Å². The SMILES string of the molecule is Cc1ccc(S(=O)(=O)NC(C(=O)OC2CCOC2=O)C(C)C)cc1. The Morgan fingerprint density at radius 3 is 2.42 bits per heavy atom. The van der Waals surface area contributed by atoms with Crippen molar-refractivity contribution in [3.63, 3.8) is 0 Å². The van der Waals surface area contributed by atoms with Crippen LogP contribution in [0.2, 0.25) is 0 Å². The van der Waals surface area contributed by atoms with Crippen molar-refractivity contribution in [1.29, 1.82) is 0 Å². The Hall–Kier alpha value is -1.93. The third-order valence-electron chi connectivity index (χ3n) is 3.68. The van der Waals surface area contributed by atoms with Crippen LogP contribution in [0.1, 0.15) is 25.8 Å². The maximum absolute atomic E-state index is 12.5. The molecular formula is C16H21NO6S. The summed E-state index contributed by atoms with van der Waals surface area (Å²) in [5.74, 6) is -1.74. The van der Waals surface area contributed by atoms with Crippen molar-refractivity contribution in [1.82, 2.24) is 4.72 Å². The smallest absolute Gasteiger partial charge is 0.347 e. The molecule has 0 aromatic heterocycles. The summed E-state index contributed by atoms with van der Waals surface area (Å²) in [5, 5.41) is 0. The van der Waals surface area contributed by atoms with Gasteiger partial charge in [0.1, 0.15) is 6.04 Å². The van der Waals surface area contributed by atoms with Crippen molar-refractivity contribution < 1.29 is 27.5 Å². The van der Waals surface area contributed by atoms with Crippen LogP contribution in [0.5, 0.6) is 0 Å². The van der Waals surface area contributed by atoms with Gasteiger partial charge in [0.05, 0.1) is 11.5 Å². The standard InChI is InChI=1S/C16H21NO6S/c1-10(2)14(16(19)23-13-8-9-22-15(13)18)17-24(20,21)12-6-4-11(3)5-7-12/h4-7,10,13-14,17H,8-9H2,1-3H3. The molecule has 1 saturated heterocycles. The van der Waals surface area contributed by atoms with E-state index in [1.807, 2.05) is 6.92 Å². The van der Waals surface area contributed by atoms with Crippen molar-refractivity contribution in [3.8, 4) is 0 Å². The predicted octanol–water partition coefficient (Wildman–Crippen LogP) is 1.16. The summed E-state index contributed by atoms with van der Waals surface area (Å²) in [7, 11) is -3.88. The molecule has 2 rings (SSSR count). The highest BCUT2D eigenvalue weighted by atomic mass is 32.2. The number of nitrogens with one attached hydrogen (secondary N) is 1. The summed E-state index contributed by atoms with van der Waals surface area (Å²) < 4.78 is 37.1. The van der Waals surface area contributed by atoms with E-state index < -0.39 is 34.1 Å². The molecule has 1 N–H and O–H groups in total. The van der Waals surface area contributed by atoms with E-state index in [9.17, 15) is 18.0 Å².